The molecule has 0 aliphatic carbocycles. The van der Waals surface area contributed by atoms with Gasteiger partial charge in [0.25, 0.3) is 0 Å². The van der Waals surface area contributed by atoms with Gasteiger partial charge in [-0.25, -0.2) is 0 Å². The molecular formula is C18H35N3O4. The normalized spacial score (nSPS) is 13.2. The molecule has 25 heavy (non-hydrogen) atoms. The summed E-state index contributed by atoms with van der Waals surface area (Å²) in [4.78, 5) is 35.3. The molecule has 0 radical (unpaired) electrons. The third-order valence-electron chi connectivity index (χ3n) is 3.97. The van der Waals surface area contributed by atoms with E-state index in [0.717, 1.165) is 6.42 Å². The van der Waals surface area contributed by atoms with Crippen LogP contribution in [0.4, 0.5) is 0 Å². The molecule has 0 aromatic rings. The van der Waals surface area contributed by atoms with Crippen molar-refractivity contribution in [2.45, 2.75) is 78.8 Å². The van der Waals surface area contributed by atoms with Crippen molar-refractivity contribution in [2.75, 3.05) is 13.1 Å². The number of carbonyl (C=O) groups excluding carboxylic acids is 2. The van der Waals surface area contributed by atoms with Gasteiger partial charge in [0.15, 0.2) is 0 Å². The van der Waals surface area contributed by atoms with Crippen LogP contribution in [0.2, 0.25) is 0 Å². The van der Waals surface area contributed by atoms with E-state index in [1.807, 2.05) is 41.5 Å². The summed E-state index contributed by atoms with van der Waals surface area (Å²) in [7, 11) is 0. The van der Waals surface area contributed by atoms with Crippen LogP contribution < -0.4 is 16.0 Å². The number of amides is 2. The number of carbonyl (C=O) groups is 3. The van der Waals surface area contributed by atoms with E-state index in [-0.39, 0.29) is 35.6 Å². The van der Waals surface area contributed by atoms with Gasteiger partial charge in [0.05, 0.1) is 0 Å². The Hall–Kier alpha value is -1.63. The molecular weight excluding hydrogens is 322 g/mol. The topological polar surface area (TPSA) is 108 Å². The van der Waals surface area contributed by atoms with E-state index >= 15 is 0 Å². The highest BCUT2D eigenvalue weighted by molar-refractivity contribution is 5.88. The molecule has 0 heterocycles. The maximum absolute atomic E-state index is 12.3. The van der Waals surface area contributed by atoms with Gasteiger partial charge in [-0.2, -0.15) is 0 Å². The molecule has 7 nitrogen and oxygen atoms in total. The van der Waals surface area contributed by atoms with Crippen molar-refractivity contribution in [3.63, 3.8) is 0 Å². The number of aliphatic carboxylic acids is 1. The Bertz CT molecular complexity index is 456. The second-order valence-electron chi connectivity index (χ2n) is 8.21. The first-order valence-electron chi connectivity index (χ1n) is 8.90. The van der Waals surface area contributed by atoms with Gasteiger partial charge in [-0.05, 0) is 32.6 Å². The second-order valence-corrected chi connectivity index (χ2v) is 8.21. The Labute approximate surface area is 151 Å². The minimum Gasteiger partial charge on any atom is -0.481 e. The van der Waals surface area contributed by atoms with Crippen LogP contribution in [0.25, 0.3) is 0 Å². The van der Waals surface area contributed by atoms with E-state index in [0.29, 0.717) is 19.5 Å². The predicted octanol–water partition coefficient (Wildman–Crippen LogP) is 1.67. The van der Waals surface area contributed by atoms with Gasteiger partial charge in [0.1, 0.15) is 6.04 Å². The van der Waals surface area contributed by atoms with Gasteiger partial charge in [0.2, 0.25) is 11.8 Å². The van der Waals surface area contributed by atoms with Crippen molar-refractivity contribution >= 4 is 17.8 Å². The van der Waals surface area contributed by atoms with Crippen molar-refractivity contribution in [1.29, 1.82) is 0 Å². The average Bonchev–Trinajstić information content (AvgIpc) is 2.46. The summed E-state index contributed by atoms with van der Waals surface area (Å²) in [5.41, 5.74) is -0.206. The van der Waals surface area contributed by atoms with E-state index in [1.54, 1.807) is 0 Å². The molecule has 0 aromatic heterocycles. The van der Waals surface area contributed by atoms with Crippen LogP contribution in [0.1, 0.15) is 67.2 Å². The number of hydrogen-bond acceptors (Lipinski definition) is 4. The van der Waals surface area contributed by atoms with E-state index in [4.69, 9.17) is 5.11 Å². The van der Waals surface area contributed by atoms with Crippen LogP contribution in [0.15, 0.2) is 0 Å². The van der Waals surface area contributed by atoms with Crippen LogP contribution in [-0.2, 0) is 14.4 Å². The largest absolute Gasteiger partial charge is 0.481 e. The lowest BCUT2D eigenvalue weighted by molar-refractivity contribution is -0.138. The van der Waals surface area contributed by atoms with Crippen LogP contribution in [0, 0.1) is 5.41 Å². The molecule has 0 saturated carbocycles. The van der Waals surface area contributed by atoms with Gasteiger partial charge in [-0.1, -0.05) is 27.2 Å². The highest BCUT2D eigenvalue weighted by Crippen LogP contribution is 2.24. The first-order valence-corrected chi connectivity index (χ1v) is 8.90. The fourth-order valence-corrected chi connectivity index (χ4v) is 2.09. The van der Waals surface area contributed by atoms with Crippen molar-refractivity contribution < 1.29 is 19.5 Å². The molecule has 2 amide bonds. The maximum Gasteiger partial charge on any atom is 0.303 e. The van der Waals surface area contributed by atoms with Crippen LogP contribution in [0.5, 0.6) is 0 Å². The molecule has 7 heteroatoms. The maximum atomic E-state index is 12.3. The van der Waals surface area contributed by atoms with Gasteiger partial charge < -0.3 is 21.1 Å². The van der Waals surface area contributed by atoms with Gasteiger partial charge in [-0.3, -0.25) is 14.4 Å². The molecule has 0 aliphatic heterocycles. The molecule has 0 bridgehead atoms. The average molecular weight is 357 g/mol. The lowest BCUT2D eigenvalue weighted by Gasteiger charge is -2.24. The van der Waals surface area contributed by atoms with E-state index < -0.39 is 12.0 Å². The van der Waals surface area contributed by atoms with E-state index in [9.17, 15) is 14.4 Å². The van der Waals surface area contributed by atoms with Crippen molar-refractivity contribution in [2.24, 2.45) is 5.41 Å². The third-order valence-corrected chi connectivity index (χ3v) is 3.97. The molecule has 0 fully saturated rings. The smallest absolute Gasteiger partial charge is 0.303 e. The number of nitrogens with one attached hydrogen (secondary N) is 3. The quantitative estimate of drug-likeness (QED) is 0.421. The zero-order valence-electron chi connectivity index (χ0n) is 16.5. The molecule has 0 aliphatic rings. The molecule has 4 N–H and O–H groups in total. The predicted molar refractivity (Wildman–Crippen MR) is 98.3 cm³/mol. The Morgan fingerprint density at radius 1 is 1.04 bits per heavy atom. The highest BCUT2D eigenvalue weighted by atomic mass is 16.4. The van der Waals surface area contributed by atoms with Crippen LogP contribution in [0.3, 0.4) is 0 Å². The lowest BCUT2D eigenvalue weighted by atomic mass is 9.86. The zero-order chi connectivity index (χ0) is 19.7. The minimum atomic E-state index is -0.990. The van der Waals surface area contributed by atoms with Crippen molar-refractivity contribution in [1.82, 2.24) is 16.0 Å². The van der Waals surface area contributed by atoms with Gasteiger partial charge >= 0.3 is 5.97 Å². The third kappa shape index (κ3) is 12.4. The number of carboxylic acids is 1. The van der Waals surface area contributed by atoms with Gasteiger partial charge in [0, 0.05) is 31.5 Å². The summed E-state index contributed by atoms with van der Waals surface area (Å²) in [5.74, 6) is -1.57. The first-order chi connectivity index (χ1) is 11.4. The molecule has 0 spiro atoms. The Kier molecular flexibility index (Phi) is 9.70. The first kappa shape index (κ1) is 23.4. The number of rotatable bonds is 11. The minimum absolute atomic E-state index is 0.0482. The molecule has 1 atom stereocenters. The standard InChI is InChI=1S/C18H35N3O4/c1-7-18(5,6)12-14(22)21-13(8-9-15(23)24)16(25)19-10-11-20-17(2,3)4/h13,20H,7-12H2,1-6H3,(H,19,25)(H,21,22)(H,23,24)/t13-/m1/s1. The molecule has 0 rings (SSSR count). The summed E-state index contributed by atoms with van der Waals surface area (Å²) < 4.78 is 0. The Morgan fingerprint density at radius 2 is 1.64 bits per heavy atom. The number of carboxylic acid groups (broad SMARTS) is 1. The van der Waals surface area contributed by atoms with Crippen LogP contribution >= 0.6 is 0 Å². The number of hydrogen-bond donors (Lipinski definition) is 4. The van der Waals surface area contributed by atoms with Crippen LogP contribution in [-0.4, -0.2) is 47.6 Å². The van der Waals surface area contributed by atoms with E-state index in [2.05, 4.69) is 16.0 Å². The summed E-state index contributed by atoms with van der Waals surface area (Å²) in [5, 5.41) is 17.5. The zero-order valence-corrected chi connectivity index (χ0v) is 16.5. The van der Waals surface area contributed by atoms with Crippen molar-refractivity contribution in [3.05, 3.63) is 0 Å². The van der Waals surface area contributed by atoms with Gasteiger partial charge in [-0.15, -0.1) is 0 Å². The molecule has 0 aromatic carbocycles. The second kappa shape index (κ2) is 10.4. The highest BCUT2D eigenvalue weighted by Gasteiger charge is 2.25. The monoisotopic (exact) mass is 357 g/mol. The molecule has 146 valence electrons. The fraction of sp³-hybridized carbons (Fsp3) is 0.833. The lowest BCUT2D eigenvalue weighted by Crippen LogP contribution is -2.49. The molecule has 0 saturated heterocycles. The SMILES string of the molecule is CCC(C)(C)CC(=O)N[C@H](CCC(=O)O)C(=O)NCCNC(C)(C)C. The van der Waals surface area contributed by atoms with E-state index in [1.165, 1.54) is 0 Å². The Morgan fingerprint density at radius 3 is 2.12 bits per heavy atom. The summed E-state index contributed by atoms with van der Waals surface area (Å²) >= 11 is 0. The molecule has 0 unspecified atom stereocenters. The summed E-state index contributed by atoms with van der Waals surface area (Å²) in [6.45, 7) is 13.1. The van der Waals surface area contributed by atoms with Crippen molar-refractivity contribution in [3.8, 4) is 0 Å². The fourth-order valence-electron chi connectivity index (χ4n) is 2.09. The summed E-state index contributed by atoms with van der Waals surface area (Å²) in [6, 6.07) is -0.828. The summed E-state index contributed by atoms with van der Waals surface area (Å²) in [6.07, 6.45) is 1.04. The Balaban J connectivity index is 4.61.